The standard InChI is InChI=1S/C32H31F6N5O2/c1-20-29(41-15-13-40(14-16-41)17-22-24(32(36,37)38)9-5-10-25(22)33)30(44)43(19-28(39)21-7-3-2-4-8-21)31(45)42(20)18-23-26(34)11-6-12-27(23)35/h2-12,28H,13-19,39H2,1H3/t28-/m0/s1. The zero-order valence-corrected chi connectivity index (χ0v) is 24.3. The van der Waals surface area contributed by atoms with Gasteiger partial charge in [-0.2, -0.15) is 13.2 Å². The van der Waals surface area contributed by atoms with Crippen LogP contribution in [-0.4, -0.2) is 40.2 Å². The van der Waals surface area contributed by atoms with Gasteiger partial charge in [0.15, 0.2) is 0 Å². The smallest absolute Gasteiger partial charge is 0.363 e. The fraction of sp³-hybridized carbons (Fsp3) is 0.312. The molecule has 0 unspecified atom stereocenters. The number of nitrogens with zero attached hydrogens (tertiary/aromatic N) is 4. The summed E-state index contributed by atoms with van der Waals surface area (Å²) >= 11 is 0. The SMILES string of the molecule is Cc1c(N2CCN(Cc3c(F)cccc3C(F)(F)F)CC2)c(=O)n(C[C@H](N)c2ccccc2)c(=O)n1Cc1c(F)cccc1F. The maximum absolute atomic E-state index is 14.7. The van der Waals surface area contributed by atoms with Gasteiger partial charge in [-0.05, 0) is 36.8 Å². The fourth-order valence-electron chi connectivity index (χ4n) is 5.68. The van der Waals surface area contributed by atoms with Crippen LogP contribution in [-0.2, 0) is 25.8 Å². The van der Waals surface area contributed by atoms with Crippen molar-refractivity contribution in [3.63, 3.8) is 0 Å². The minimum absolute atomic E-state index is 0.105. The van der Waals surface area contributed by atoms with Gasteiger partial charge in [0, 0.05) is 55.6 Å². The number of benzene rings is 3. The number of nitrogens with two attached hydrogens (primary N) is 1. The molecular formula is C32H31F6N5O2. The molecule has 5 rings (SSSR count). The summed E-state index contributed by atoms with van der Waals surface area (Å²) in [4.78, 5) is 30.9. The van der Waals surface area contributed by atoms with Crippen LogP contribution in [0.5, 0.6) is 0 Å². The van der Waals surface area contributed by atoms with Gasteiger partial charge in [-0.3, -0.25) is 18.8 Å². The molecule has 7 nitrogen and oxygen atoms in total. The molecule has 1 saturated heterocycles. The summed E-state index contributed by atoms with van der Waals surface area (Å²) < 4.78 is 86.5. The molecule has 0 spiro atoms. The molecule has 0 radical (unpaired) electrons. The van der Waals surface area contributed by atoms with Crippen LogP contribution in [0.1, 0.15) is 34.0 Å². The first-order chi connectivity index (χ1) is 21.4. The first-order valence-electron chi connectivity index (χ1n) is 14.3. The average molecular weight is 632 g/mol. The van der Waals surface area contributed by atoms with Crippen LogP contribution in [0.4, 0.5) is 32.0 Å². The van der Waals surface area contributed by atoms with Gasteiger partial charge in [0.2, 0.25) is 0 Å². The molecular weight excluding hydrogens is 600 g/mol. The highest BCUT2D eigenvalue weighted by molar-refractivity contribution is 5.50. The van der Waals surface area contributed by atoms with E-state index < -0.39 is 58.6 Å². The van der Waals surface area contributed by atoms with Crippen molar-refractivity contribution in [1.82, 2.24) is 14.0 Å². The Morgan fingerprint density at radius 3 is 1.93 bits per heavy atom. The number of halogens is 6. The van der Waals surface area contributed by atoms with Crippen LogP contribution < -0.4 is 21.9 Å². The Bertz CT molecular complexity index is 1780. The van der Waals surface area contributed by atoms with E-state index in [1.807, 2.05) is 0 Å². The van der Waals surface area contributed by atoms with Gasteiger partial charge in [-0.1, -0.05) is 42.5 Å². The molecule has 0 aliphatic carbocycles. The van der Waals surface area contributed by atoms with Gasteiger partial charge < -0.3 is 10.6 Å². The Morgan fingerprint density at radius 2 is 1.33 bits per heavy atom. The van der Waals surface area contributed by atoms with E-state index in [4.69, 9.17) is 5.73 Å². The maximum atomic E-state index is 14.7. The van der Waals surface area contributed by atoms with Crippen molar-refractivity contribution >= 4 is 5.69 Å². The van der Waals surface area contributed by atoms with Crippen molar-refractivity contribution in [1.29, 1.82) is 0 Å². The van der Waals surface area contributed by atoms with Crippen LogP contribution in [0.3, 0.4) is 0 Å². The average Bonchev–Trinajstić information content (AvgIpc) is 3.00. The molecule has 1 aliphatic rings. The molecule has 1 atom stereocenters. The van der Waals surface area contributed by atoms with Gasteiger partial charge >= 0.3 is 11.9 Å². The quantitative estimate of drug-likeness (QED) is 0.282. The molecule has 238 valence electrons. The second-order valence-corrected chi connectivity index (χ2v) is 11.0. The van der Waals surface area contributed by atoms with Crippen LogP contribution in [0, 0.1) is 24.4 Å². The predicted octanol–water partition coefficient (Wildman–Crippen LogP) is 4.83. The van der Waals surface area contributed by atoms with E-state index >= 15 is 0 Å². The zero-order valence-electron chi connectivity index (χ0n) is 24.3. The summed E-state index contributed by atoms with van der Waals surface area (Å²) in [6, 6.07) is 14.2. The summed E-state index contributed by atoms with van der Waals surface area (Å²) in [5.41, 5.74) is 3.98. The Labute approximate surface area is 254 Å². The molecule has 2 N–H and O–H groups in total. The van der Waals surface area contributed by atoms with Gasteiger partial charge in [-0.25, -0.2) is 18.0 Å². The highest BCUT2D eigenvalue weighted by Crippen LogP contribution is 2.34. The summed E-state index contributed by atoms with van der Waals surface area (Å²) in [6.07, 6.45) is -4.73. The Kier molecular flexibility index (Phi) is 9.21. The van der Waals surface area contributed by atoms with E-state index in [9.17, 15) is 35.9 Å². The summed E-state index contributed by atoms with van der Waals surface area (Å²) in [7, 11) is 0. The second-order valence-electron chi connectivity index (χ2n) is 11.0. The molecule has 1 aliphatic heterocycles. The van der Waals surface area contributed by atoms with Crippen LogP contribution in [0.2, 0.25) is 0 Å². The molecule has 4 aromatic rings. The lowest BCUT2D eigenvalue weighted by Gasteiger charge is -2.37. The van der Waals surface area contributed by atoms with Gasteiger partial charge in [0.05, 0.1) is 18.7 Å². The number of aromatic nitrogens is 2. The van der Waals surface area contributed by atoms with E-state index in [1.165, 1.54) is 13.0 Å². The molecule has 13 heteroatoms. The van der Waals surface area contributed by atoms with Crippen LogP contribution >= 0.6 is 0 Å². The highest BCUT2D eigenvalue weighted by Gasteiger charge is 2.35. The normalized spacial score (nSPS) is 15.0. The Hall–Kier alpha value is -4.36. The summed E-state index contributed by atoms with van der Waals surface area (Å²) in [5, 5.41) is 0. The van der Waals surface area contributed by atoms with Crippen molar-refractivity contribution in [2.45, 2.75) is 38.8 Å². The summed E-state index contributed by atoms with van der Waals surface area (Å²) in [6.45, 7) is 1.15. The van der Waals surface area contributed by atoms with E-state index in [1.54, 1.807) is 40.1 Å². The van der Waals surface area contributed by atoms with Crippen molar-refractivity contribution in [3.8, 4) is 0 Å². The monoisotopic (exact) mass is 631 g/mol. The first-order valence-corrected chi connectivity index (χ1v) is 14.3. The lowest BCUT2D eigenvalue weighted by atomic mass is 10.1. The highest BCUT2D eigenvalue weighted by atomic mass is 19.4. The van der Waals surface area contributed by atoms with E-state index in [2.05, 4.69) is 0 Å². The summed E-state index contributed by atoms with van der Waals surface area (Å²) in [5.74, 6) is -2.68. The number of rotatable bonds is 8. The lowest BCUT2D eigenvalue weighted by molar-refractivity contribution is -0.138. The predicted molar refractivity (Wildman–Crippen MR) is 157 cm³/mol. The number of anilines is 1. The molecule has 2 heterocycles. The molecule has 0 bridgehead atoms. The molecule has 3 aromatic carbocycles. The van der Waals surface area contributed by atoms with Crippen LogP contribution in [0.25, 0.3) is 0 Å². The van der Waals surface area contributed by atoms with Crippen molar-refractivity contribution in [2.75, 3.05) is 31.1 Å². The molecule has 0 amide bonds. The van der Waals surface area contributed by atoms with E-state index in [0.29, 0.717) is 5.56 Å². The Morgan fingerprint density at radius 1 is 0.756 bits per heavy atom. The second kappa shape index (κ2) is 12.9. The zero-order chi connectivity index (χ0) is 32.5. The maximum Gasteiger partial charge on any atom is 0.416 e. The first kappa shape index (κ1) is 32.0. The minimum Gasteiger partial charge on any atom is -0.363 e. The van der Waals surface area contributed by atoms with Gasteiger partial charge in [0.25, 0.3) is 5.56 Å². The molecule has 0 saturated carbocycles. The fourth-order valence-corrected chi connectivity index (χ4v) is 5.68. The van der Waals surface area contributed by atoms with Gasteiger partial charge in [-0.15, -0.1) is 0 Å². The molecule has 45 heavy (non-hydrogen) atoms. The minimum atomic E-state index is -4.73. The topological polar surface area (TPSA) is 76.5 Å². The number of hydrogen-bond donors (Lipinski definition) is 1. The largest absolute Gasteiger partial charge is 0.416 e. The lowest BCUT2D eigenvalue weighted by Crippen LogP contribution is -2.51. The molecule has 1 fully saturated rings. The van der Waals surface area contributed by atoms with Crippen LogP contribution in [0.15, 0.2) is 76.3 Å². The number of alkyl halides is 3. The van der Waals surface area contributed by atoms with E-state index in [0.717, 1.165) is 39.5 Å². The van der Waals surface area contributed by atoms with Crippen molar-refractivity contribution in [2.24, 2.45) is 5.73 Å². The number of hydrogen-bond acceptors (Lipinski definition) is 5. The number of piperazine rings is 1. The third-order valence-electron chi connectivity index (χ3n) is 8.14. The van der Waals surface area contributed by atoms with Gasteiger partial charge in [0.1, 0.15) is 23.1 Å². The third-order valence-corrected chi connectivity index (χ3v) is 8.14. The Balaban J connectivity index is 1.49. The van der Waals surface area contributed by atoms with Crippen molar-refractivity contribution in [3.05, 3.63) is 133 Å². The molecule has 1 aromatic heterocycles. The third kappa shape index (κ3) is 6.69. The van der Waals surface area contributed by atoms with E-state index in [-0.39, 0.29) is 56.2 Å². The van der Waals surface area contributed by atoms with Crippen molar-refractivity contribution < 1.29 is 26.3 Å².